The van der Waals surface area contributed by atoms with E-state index in [2.05, 4.69) is 39.6 Å². The second kappa shape index (κ2) is 12.2. The Morgan fingerprint density at radius 2 is 1.88 bits per heavy atom. The van der Waals surface area contributed by atoms with Crippen molar-refractivity contribution in [2.75, 3.05) is 56.2 Å². The summed E-state index contributed by atoms with van der Waals surface area (Å²) in [6.45, 7) is 3.57. The number of sulfonamides is 1. The summed E-state index contributed by atoms with van der Waals surface area (Å²) in [7, 11) is 1.15. The summed E-state index contributed by atoms with van der Waals surface area (Å²) < 4.78 is 32.4. The number of piperidine rings is 1. The Bertz CT molecular complexity index is 1530. The van der Waals surface area contributed by atoms with Gasteiger partial charge in [-0.15, -0.1) is 10.2 Å². The standard InChI is InChI=1S/C29H38ClN7O4S/c1-18-14-20(18)16-37(17-24(38)35(2)3)27-25(30)22(15-23(32-27)36(4)42(5,39)40)28-33-34-29(41-28)26-21(12-9-13-31-26)19-10-7-6-8-11-19/h6-8,10-11,15,18,20-21,26,31H,9,12-14,16-17H2,1-5H3/t18-,20+,21-,26-/m0/s1. The van der Waals surface area contributed by atoms with E-state index in [9.17, 15) is 13.2 Å². The van der Waals surface area contributed by atoms with Crippen molar-refractivity contribution in [2.45, 2.75) is 38.1 Å². The lowest BCUT2D eigenvalue weighted by Gasteiger charge is -2.30. The monoisotopic (exact) mass is 615 g/mol. The summed E-state index contributed by atoms with van der Waals surface area (Å²) in [5.41, 5.74) is 1.54. The van der Waals surface area contributed by atoms with E-state index in [1.165, 1.54) is 17.5 Å². The molecule has 11 nitrogen and oxygen atoms in total. The zero-order valence-electron chi connectivity index (χ0n) is 24.6. The highest BCUT2D eigenvalue weighted by Crippen LogP contribution is 2.43. The number of halogens is 1. The van der Waals surface area contributed by atoms with Crippen LogP contribution in [0.4, 0.5) is 11.6 Å². The molecule has 2 aromatic heterocycles. The fourth-order valence-electron chi connectivity index (χ4n) is 5.34. The lowest BCUT2D eigenvalue weighted by molar-refractivity contribution is -0.127. The van der Waals surface area contributed by atoms with E-state index in [4.69, 9.17) is 16.0 Å². The molecule has 0 spiro atoms. The predicted molar refractivity (Wildman–Crippen MR) is 163 cm³/mol. The van der Waals surface area contributed by atoms with Crippen LogP contribution in [0.3, 0.4) is 0 Å². The van der Waals surface area contributed by atoms with Crippen molar-refractivity contribution in [3.8, 4) is 11.5 Å². The Morgan fingerprint density at radius 3 is 2.52 bits per heavy atom. The average Bonchev–Trinajstić information content (AvgIpc) is 3.44. The van der Waals surface area contributed by atoms with Gasteiger partial charge in [0, 0.05) is 33.6 Å². The summed E-state index contributed by atoms with van der Waals surface area (Å²) in [6.07, 6.45) is 4.13. The lowest BCUT2D eigenvalue weighted by atomic mass is 9.85. The number of likely N-dealkylation sites (N-methyl/N-ethyl adjacent to an activating group) is 1. The van der Waals surface area contributed by atoms with Crippen LogP contribution in [-0.4, -0.2) is 81.4 Å². The summed E-state index contributed by atoms with van der Waals surface area (Å²) >= 11 is 7.01. The van der Waals surface area contributed by atoms with Crippen LogP contribution in [0.2, 0.25) is 5.02 Å². The number of benzene rings is 1. The van der Waals surface area contributed by atoms with Crippen LogP contribution in [0.25, 0.3) is 11.5 Å². The molecule has 226 valence electrons. The van der Waals surface area contributed by atoms with E-state index >= 15 is 0 Å². The molecule has 2 fully saturated rings. The Labute approximate surface area is 252 Å². The van der Waals surface area contributed by atoms with Crippen LogP contribution >= 0.6 is 11.6 Å². The number of anilines is 2. The Balaban J connectivity index is 1.57. The molecule has 3 aromatic rings. The number of carbonyl (C=O) groups is 1. The molecule has 5 rings (SSSR count). The molecule has 0 unspecified atom stereocenters. The molecule has 2 aliphatic rings. The number of nitrogens with zero attached hydrogens (tertiary/aromatic N) is 6. The first kappa shape index (κ1) is 30.2. The van der Waals surface area contributed by atoms with Gasteiger partial charge in [-0.25, -0.2) is 13.4 Å². The van der Waals surface area contributed by atoms with Crippen molar-refractivity contribution in [3.05, 3.63) is 52.9 Å². The van der Waals surface area contributed by atoms with Gasteiger partial charge < -0.3 is 19.5 Å². The number of hydrogen-bond acceptors (Lipinski definition) is 9. The minimum absolute atomic E-state index is 0.0360. The molecule has 1 N–H and O–H groups in total. The van der Waals surface area contributed by atoms with Crippen LogP contribution in [0.1, 0.15) is 49.6 Å². The first-order valence-corrected chi connectivity index (χ1v) is 16.4. The largest absolute Gasteiger partial charge is 0.419 e. The van der Waals surface area contributed by atoms with Gasteiger partial charge in [0.1, 0.15) is 5.82 Å². The molecule has 3 heterocycles. The Morgan fingerprint density at radius 1 is 1.17 bits per heavy atom. The van der Waals surface area contributed by atoms with Gasteiger partial charge in [-0.2, -0.15) is 0 Å². The molecule has 4 atom stereocenters. The molecule has 0 bridgehead atoms. The maximum absolute atomic E-state index is 12.8. The molecule has 42 heavy (non-hydrogen) atoms. The van der Waals surface area contributed by atoms with Gasteiger partial charge in [0.15, 0.2) is 5.82 Å². The minimum atomic E-state index is -3.66. The normalized spacial score (nSPS) is 22.0. The highest BCUT2D eigenvalue weighted by Gasteiger charge is 2.37. The van der Waals surface area contributed by atoms with Crippen molar-refractivity contribution in [1.82, 2.24) is 25.4 Å². The smallest absolute Gasteiger partial charge is 0.249 e. The quantitative estimate of drug-likeness (QED) is 0.361. The number of pyridine rings is 1. The molecule has 1 saturated heterocycles. The summed E-state index contributed by atoms with van der Waals surface area (Å²) in [5.74, 6) is 1.93. The summed E-state index contributed by atoms with van der Waals surface area (Å²) in [4.78, 5) is 20.8. The zero-order valence-corrected chi connectivity index (χ0v) is 26.2. The van der Waals surface area contributed by atoms with Gasteiger partial charge in [-0.05, 0) is 49.3 Å². The summed E-state index contributed by atoms with van der Waals surface area (Å²) in [5, 5.41) is 12.5. The molecule has 13 heteroatoms. The average molecular weight is 616 g/mol. The molecule has 1 aliphatic heterocycles. The van der Waals surface area contributed by atoms with Crippen molar-refractivity contribution >= 4 is 39.2 Å². The number of rotatable bonds is 10. The first-order chi connectivity index (χ1) is 19.9. The number of nitrogens with one attached hydrogen (secondary N) is 1. The maximum Gasteiger partial charge on any atom is 0.249 e. The molecular weight excluding hydrogens is 578 g/mol. The third-order valence-corrected chi connectivity index (χ3v) is 9.78. The van der Waals surface area contributed by atoms with Crippen molar-refractivity contribution < 1.29 is 17.6 Å². The predicted octanol–water partition coefficient (Wildman–Crippen LogP) is 3.94. The maximum atomic E-state index is 12.8. The third-order valence-electron chi connectivity index (χ3n) is 8.23. The SMILES string of the molecule is C[C@H]1C[C@@H]1CN(CC(=O)N(C)C)c1nc(N(C)S(C)(=O)=O)cc(-c2nnc([C@H]3NCCC[C@H]3c3ccccc3)o2)c1Cl. The second-order valence-electron chi connectivity index (χ2n) is 11.6. The van der Waals surface area contributed by atoms with Crippen molar-refractivity contribution in [3.63, 3.8) is 0 Å². The van der Waals surface area contributed by atoms with Crippen LogP contribution in [0.15, 0.2) is 40.8 Å². The van der Waals surface area contributed by atoms with Gasteiger partial charge in [-0.3, -0.25) is 9.10 Å². The molecule has 0 radical (unpaired) electrons. The fourth-order valence-corrected chi connectivity index (χ4v) is 6.07. The van der Waals surface area contributed by atoms with Crippen LogP contribution in [0, 0.1) is 11.8 Å². The van der Waals surface area contributed by atoms with Gasteiger partial charge >= 0.3 is 0 Å². The lowest BCUT2D eigenvalue weighted by Crippen LogP contribution is -2.39. The van der Waals surface area contributed by atoms with E-state index in [-0.39, 0.29) is 41.1 Å². The topological polar surface area (TPSA) is 125 Å². The highest BCUT2D eigenvalue weighted by molar-refractivity contribution is 7.92. The van der Waals surface area contributed by atoms with Crippen molar-refractivity contribution in [1.29, 1.82) is 0 Å². The second-order valence-corrected chi connectivity index (χ2v) is 14.0. The van der Waals surface area contributed by atoms with Gasteiger partial charge in [0.25, 0.3) is 0 Å². The van der Waals surface area contributed by atoms with E-state index in [1.807, 2.05) is 23.1 Å². The van der Waals surface area contributed by atoms with E-state index < -0.39 is 10.0 Å². The van der Waals surface area contributed by atoms with Crippen LogP contribution in [-0.2, 0) is 14.8 Å². The molecule has 1 amide bonds. The third kappa shape index (κ3) is 6.55. The van der Waals surface area contributed by atoms with Gasteiger partial charge in [0.05, 0.1) is 29.4 Å². The van der Waals surface area contributed by atoms with E-state index in [0.717, 1.165) is 36.4 Å². The fraction of sp³-hybridized carbons (Fsp3) is 0.517. The van der Waals surface area contributed by atoms with E-state index in [1.54, 1.807) is 20.2 Å². The molecule has 1 aliphatic carbocycles. The van der Waals surface area contributed by atoms with E-state index in [0.29, 0.717) is 35.7 Å². The number of aromatic nitrogens is 3. The Hall–Kier alpha value is -3.22. The van der Waals surface area contributed by atoms with Crippen LogP contribution in [0.5, 0.6) is 0 Å². The summed E-state index contributed by atoms with van der Waals surface area (Å²) in [6, 6.07) is 11.6. The molecular formula is C29H38ClN7O4S. The molecule has 1 aromatic carbocycles. The number of hydrogen-bond donors (Lipinski definition) is 1. The van der Waals surface area contributed by atoms with Crippen molar-refractivity contribution in [2.24, 2.45) is 11.8 Å². The van der Waals surface area contributed by atoms with Gasteiger partial charge in [0.2, 0.25) is 27.7 Å². The number of carbonyl (C=O) groups excluding carboxylic acids is 1. The highest BCUT2D eigenvalue weighted by atomic mass is 35.5. The Kier molecular flexibility index (Phi) is 8.77. The zero-order chi connectivity index (χ0) is 30.2. The van der Waals surface area contributed by atoms with Gasteiger partial charge in [-0.1, -0.05) is 48.9 Å². The molecule has 1 saturated carbocycles. The number of amides is 1. The first-order valence-electron chi connectivity index (χ1n) is 14.2. The minimum Gasteiger partial charge on any atom is -0.419 e. The van der Waals surface area contributed by atoms with Crippen LogP contribution < -0.4 is 14.5 Å².